The van der Waals surface area contributed by atoms with Crippen LogP contribution in [-0.2, 0) is 4.79 Å². The summed E-state index contributed by atoms with van der Waals surface area (Å²) in [5, 5.41) is 0. The molecule has 0 bridgehead atoms. The van der Waals surface area contributed by atoms with E-state index in [1.807, 2.05) is 5.43 Å². The van der Waals surface area contributed by atoms with Crippen LogP contribution in [0.15, 0.2) is 18.2 Å². The highest BCUT2D eigenvalue weighted by Gasteiger charge is 2.16. The number of hydrazine groups is 1. The number of amides is 1. The predicted molar refractivity (Wildman–Crippen MR) is 58.8 cm³/mol. The van der Waals surface area contributed by atoms with Crippen molar-refractivity contribution in [3.05, 3.63) is 23.8 Å². The van der Waals surface area contributed by atoms with Crippen LogP contribution in [0, 0.1) is 0 Å². The van der Waals surface area contributed by atoms with Gasteiger partial charge in [-0.25, -0.2) is 5.84 Å². The molecule has 1 aromatic rings. The molecule has 1 atom stereocenters. The Labute approximate surface area is 93.5 Å². The van der Waals surface area contributed by atoms with Gasteiger partial charge in [0.05, 0.1) is 14.2 Å². The topological polar surface area (TPSA) is 99.6 Å². The van der Waals surface area contributed by atoms with Gasteiger partial charge in [0.15, 0.2) is 11.5 Å². The molecule has 0 aliphatic rings. The average Bonchev–Trinajstić information content (AvgIpc) is 2.35. The summed E-state index contributed by atoms with van der Waals surface area (Å²) in [5.74, 6) is 5.63. The van der Waals surface area contributed by atoms with Crippen LogP contribution in [0.5, 0.6) is 11.5 Å². The van der Waals surface area contributed by atoms with Gasteiger partial charge >= 0.3 is 0 Å². The second kappa shape index (κ2) is 5.34. The molecule has 0 spiro atoms. The summed E-state index contributed by atoms with van der Waals surface area (Å²) in [5.41, 5.74) is 8.27. The zero-order valence-corrected chi connectivity index (χ0v) is 9.19. The first kappa shape index (κ1) is 12.3. The Balaban J connectivity index is 3.03. The lowest BCUT2D eigenvalue weighted by Gasteiger charge is -2.13. The van der Waals surface area contributed by atoms with Gasteiger partial charge < -0.3 is 15.2 Å². The minimum atomic E-state index is -0.829. The van der Waals surface area contributed by atoms with E-state index in [0.29, 0.717) is 17.1 Å². The molecule has 6 heteroatoms. The molecule has 1 unspecified atom stereocenters. The van der Waals surface area contributed by atoms with Gasteiger partial charge in [-0.1, -0.05) is 6.07 Å². The van der Waals surface area contributed by atoms with E-state index >= 15 is 0 Å². The summed E-state index contributed by atoms with van der Waals surface area (Å²) >= 11 is 0. The van der Waals surface area contributed by atoms with Gasteiger partial charge in [0.1, 0.15) is 6.04 Å². The third kappa shape index (κ3) is 2.41. The molecule has 88 valence electrons. The molecule has 0 radical (unpaired) electrons. The Morgan fingerprint density at radius 2 is 1.94 bits per heavy atom. The molecule has 16 heavy (non-hydrogen) atoms. The molecule has 0 aromatic heterocycles. The number of nitrogens with two attached hydrogens (primary N) is 2. The zero-order chi connectivity index (χ0) is 12.1. The molecule has 0 saturated carbocycles. The molecular formula is C10H15N3O3. The number of methoxy groups -OCH3 is 2. The van der Waals surface area contributed by atoms with E-state index in [9.17, 15) is 4.79 Å². The first-order chi connectivity index (χ1) is 7.63. The minimum absolute atomic E-state index is 0.466. The van der Waals surface area contributed by atoms with Gasteiger partial charge in [-0.2, -0.15) is 0 Å². The number of rotatable bonds is 4. The number of hydrogen-bond donors (Lipinski definition) is 3. The van der Waals surface area contributed by atoms with E-state index in [2.05, 4.69) is 0 Å². The van der Waals surface area contributed by atoms with E-state index in [0.717, 1.165) is 0 Å². The van der Waals surface area contributed by atoms with Crippen molar-refractivity contribution in [3.8, 4) is 11.5 Å². The van der Waals surface area contributed by atoms with Crippen molar-refractivity contribution in [2.45, 2.75) is 6.04 Å². The summed E-state index contributed by atoms with van der Waals surface area (Å²) in [7, 11) is 3.04. The highest BCUT2D eigenvalue weighted by Crippen LogP contribution is 2.29. The van der Waals surface area contributed by atoms with Crippen LogP contribution in [0.25, 0.3) is 0 Å². The lowest BCUT2D eigenvalue weighted by molar-refractivity contribution is -0.122. The smallest absolute Gasteiger partial charge is 0.255 e. The maximum atomic E-state index is 11.2. The maximum Gasteiger partial charge on any atom is 0.255 e. The number of nitrogens with one attached hydrogen (secondary N) is 1. The molecule has 5 N–H and O–H groups in total. The number of carbonyl (C=O) groups is 1. The molecular weight excluding hydrogens is 210 g/mol. The summed E-state index contributed by atoms with van der Waals surface area (Å²) in [4.78, 5) is 11.2. The molecule has 0 aliphatic heterocycles. The lowest BCUT2D eigenvalue weighted by atomic mass is 10.1. The van der Waals surface area contributed by atoms with Crippen molar-refractivity contribution in [2.24, 2.45) is 11.6 Å². The van der Waals surface area contributed by atoms with Crippen LogP contribution in [0.4, 0.5) is 0 Å². The monoisotopic (exact) mass is 225 g/mol. The van der Waals surface area contributed by atoms with Gasteiger partial charge in [-0.3, -0.25) is 10.2 Å². The summed E-state index contributed by atoms with van der Waals surface area (Å²) < 4.78 is 10.2. The largest absolute Gasteiger partial charge is 0.493 e. The van der Waals surface area contributed by atoms with E-state index < -0.39 is 11.9 Å². The Bertz CT molecular complexity index is 382. The minimum Gasteiger partial charge on any atom is -0.493 e. The van der Waals surface area contributed by atoms with E-state index in [4.69, 9.17) is 21.1 Å². The SMILES string of the molecule is COc1ccc(C(N)C(=O)NN)cc1OC. The van der Waals surface area contributed by atoms with E-state index in [-0.39, 0.29) is 0 Å². The summed E-state index contributed by atoms with van der Waals surface area (Å²) in [6.45, 7) is 0. The maximum absolute atomic E-state index is 11.2. The second-order valence-electron chi connectivity index (χ2n) is 3.10. The standard InChI is InChI=1S/C10H15N3O3/c1-15-7-4-3-6(5-8(7)16-2)9(11)10(14)13-12/h3-5,9H,11-12H2,1-2H3,(H,13,14). The number of carbonyl (C=O) groups excluding carboxylic acids is 1. The van der Waals surface area contributed by atoms with Crippen molar-refractivity contribution >= 4 is 5.91 Å². The van der Waals surface area contributed by atoms with Crippen molar-refractivity contribution in [1.29, 1.82) is 0 Å². The van der Waals surface area contributed by atoms with Gasteiger partial charge in [0.25, 0.3) is 5.91 Å². The van der Waals surface area contributed by atoms with Crippen LogP contribution in [0.2, 0.25) is 0 Å². The van der Waals surface area contributed by atoms with Crippen LogP contribution < -0.4 is 26.5 Å². The van der Waals surface area contributed by atoms with Crippen LogP contribution in [-0.4, -0.2) is 20.1 Å². The highest BCUT2D eigenvalue weighted by atomic mass is 16.5. The predicted octanol–water partition coefficient (Wildman–Crippen LogP) is -0.306. The summed E-state index contributed by atoms with van der Waals surface area (Å²) in [6.07, 6.45) is 0. The third-order valence-electron chi connectivity index (χ3n) is 2.19. The fourth-order valence-electron chi connectivity index (χ4n) is 1.29. The molecule has 1 rings (SSSR count). The van der Waals surface area contributed by atoms with E-state index in [1.165, 1.54) is 14.2 Å². The fraction of sp³-hybridized carbons (Fsp3) is 0.300. The molecule has 0 aliphatic carbocycles. The molecule has 6 nitrogen and oxygen atoms in total. The second-order valence-corrected chi connectivity index (χ2v) is 3.10. The zero-order valence-electron chi connectivity index (χ0n) is 9.19. The summed E-state index contributed by atoms with van der Waals surface area (Å²) in [6, 6.07) is 4.17. The van der Waals surface area contributed by atoms with Crippen LogP contribution in [0.3, 0.4) is 0 Å². The normalized spacial score (nSPS) is 11.8. The molecule has 1 amide bonds. The van der Waals surface area contributed by atoms with Crippen molar-refractivity contribution < 1.29 is 14.3 Å². The number of benzene rings is 1. The molecule has 0 heterocycles. The van der Waals surface area contributed by atoms with Gasteiger partial charge in [-0.15, -0.1) is 0 Å². The highest BCUT2D eigenvalue weighted by molar-refractivity contribution is 5.82. The van der Waals surface area contributed by atoms with Crippen molar-refractivity contribution in [3.63, 3.8) is 0 Å². The van der Waals surface area contributed by atoms with Crippen molar-refractivity contribution in [2.75, 3.05) is 14.2 Å². The van der Waals surface area contributed by atoms with Gasteiger partial charge in [-0.05, 0) is 17.7 Å². The Hall–Kier alpha value is -1.79. The first-order valence-corrected chi connectivity index (χ1v) is 4.62. The lowest BCUT2D eigenvalue weighted by Crippen LogP contribution is -2.38. The number of hydrogen-bond acceptors (Lipinski definition) is 5. The first-order valence-electron chi connectivity index (χ1n) is 4.62. The molecule has 0 saturated heterocycles. The Morgan fingerprint density at radius 1 is 1.31 bits per heavy atom. The average molecular weight is 225 g/mol. The van der Waals surface area contributed by atoms with Crippen LogP contribution in [0.1, 0.15) is 11.6 Å². The Morgan fingerprint density at radius 3 is 2.44 bits per heavy atom. The van der Waals surface area contributed by atoms with Gasteiger partial charge in [0, 0.05) is 0 Å². The quantitative estimate of drug-likeness (QED) is 0.371. The molecule has 0 fully saturated rings. The van der Waals surface area contributed by atoms with Crippen LogP contribution >= 0.6 is 0 Å². The molecule has 1 aromatic carbocycles. The third-order valence-corrected chi connectivity index (χ3v) is 2.19. The number of ether oxygens (including phenoxy) is 2. The van der Waals surface area contributed by atoms with E-state index in [1.54, 1.807) is 18.2 Å². The van der Waals surface area contributed by atoms with Gasteiger partial charge in [0.2, 0.25) is 0 Å². The van der Waals surface area contributed by atoms with Crippen molar-refractivity contribution in [1.82, 2.24) is 5.43 Å². The fourth-order valence-corrected chi connectivity index (χ4v) is 1.29. The Kier molecular flexibility index (Phi) is 4.10.